The summed E-state index contributed by atoms with van der Waals surface area (Å²) in [7, 11) is 1.60. The van der Waals surface area contributed by atoms with E-state index in [9.17, 15) is 9.90 Å². The van der Waals surface area contributed by atoms with Crippen LogP contribution in [-0.4, -0.2) is 28.1 Å². The maximum atomic E-state index is 12.6. The minimum atomic E-state index is -0.878. The number of halogens is 2. The molecule has 5 aromatic rings. The predicted molar refractivity (Wildman–Crippen MR) is 148 cm³/mol. The van der Waals surface area contributed by atoms with Crippen LogP contribution in [0.15, 0.2) is 84.9 Å². The number of nitrogens with zero attached hydrogens (tertiary/aromatic N) is 1. The van der Waals surface area contributed by atoms with E-state index in [1.54, 1.807) is 55.6 Å². The van der Waals surface area contributed by atoms with Crippen LogP contribution in [0, 0.1) is 0 Å². The van der Waals surface area contributed by atoms with Crippen molar-refractivity contribution in [3.8, 4) is 17.1 Å². The van der Waals surface area contributed by atoms with Gasteiger partial charge < -0.3 is 25.5 Å². The number of carbonyl (C=O) groups is 1. The lowest BCUT2D eigenvalue weighted by atomic mass is 10.1. The van der Waals surface area contributed by atoms with Gasteiger partial charge in [0.2, 0.25) is 0 Å². The summed E-state index contributed by atoms with van der Waals surface area (Å²) in [5.74, 6) is 1.08. The fourth-order valence-electron chi connectivity index (χ4n) is 3.85. The molecule has 0 bridgehead atoms. The number of ether oxygens (including phenoxy) is 1. The molecule has 1 unspecified atom stereocenters. The summed E-state index contributed by atoms with van der Waals surface area (Å²) < 4.78 is 5.16. The van der Waals surface area contributed by atoms with Crippen LogP contribution in [0.3, 0.4) is 0 Å². The van der Waals surface area contributed by atoms with Crippen LogP contribution in [0.5, 0.6) is 5.75 Å². The number of aromatic nitrogens is 2. The minimum absolute atomic E-state index is 0.286. The van der Waals surface area contributed by atoms with Gasteiger partial charge in [-0.05, 0) is 72.8 Å². The van der Waals surface area contributed by atoms with Gasteiger partial charge >= 0.3 is 0 Å². The molecule has 1 amide bonds. The van der Waals surface area contributed by atoms with Crippen molar-refractivity contribution < 1.29 is 14.6 Å². The lowest BCUT2D eigenvalue weighted by Gasteiger charge is -2.15. The highest BCUT2D eigenvalue weighted by atomic mass is 35.5. The molecule has 4 N–H and O–H groups in total. The lowest BCUT2D eigenvalue weighted by Crippen LogP contribution is -2.12. The zero-order chi connectivity index (χ0) is 25.9. The first kappa shape index (κ1) is 24.6. The molecular weight excluding hydrogens is 511 g/mol. The maximum absolute atomic E-state index is 12.6. The van der Waals surface area contributed by atoms with Crippen molar-refractivity contribution in [2.75, 3.05) is 17.7 Å². The zero-order valence-electron chi connectivity index (χ0n) is 19.6. The van der Waals surface area contributed by atoms with Crippen LogP contribution in [-0.2, 0) is 0 Å². The van der Waals surface area contributed by atoms with E-state index in [0.717, 1.165) is 33.6 Å². The molecule has 9 heteroatoms. The van der Waals surface area contributed by atoms with Crippen molar-refractivity contribution >= 4 is 51.5 Å². The number of aromatic amines is 1. The van der Waals surface area contributed by atoms with Gasteiger partial charge in [0.1, 0.15) is 11.6 Å². The summed E-state index contributed by atoms with van der Waals surface area (Å²) in [5, 5.41) is 17.2. The highest BCUT2D eigenvalue weighted by Gasteiger charge is 2.13. The molecule has 0 saturated heterocycles. The molecule has 1 atom stereocenters. The number of anilines is 2. The molecule has 4 aromatic carbocycles. The Labute approximate surface area is 223 Å². The Balaban J connectivity index is 1.29. The van der Waals surface area contributed by atoms with Gasteiger partial charge in [0, 0.05) is 27.5 Å². The number of benzene rings is 4. The van der Waals surface area contributed by atoms with Gasteiger partial charge in [0.05, 0.1) is 28.7 Å². The van der Waals surface area contributed by atoms with Gasteiger partial charge in [0.25, 0.3) is 5.91 Å². The van der Waals surface area contributed by atoms with Crippen LogP contribution in [0.2, 0.25) is 10.0 Å². The molecule has 0 spiro atoms. The summed E-state index contributed by atoms with van der Waals surface area (Å²) >= 11 is 12.0. The molecule has 0 aliphatic heterocycles. The summed E-state index contributed by atoms with van der Waals surface area (Å²) in [6, 6.07) is 24.9. The molecule has 0 aliphatic carbocycles. The first-order valence-corrected chi connectivity index (χ1v) is 12.1. The number of imidazole rings is 1. The standard InChI is InChI=1S/C28H22Cl2N4O3/c1-37-21-10-4-17(5-11-21)27(35)32-20-9-13-24-25(15-20)34-26(33-24)16-2-7-19(8-3-16)31-28(36)22-12-6-18(29)14-23(22)30/h2-15,27,32,35H,1H3,(H,31,36)(H,33,34). The third kappa shape index (κ3) is 5.54. The molecule has 0 aliphatic rings. The predicted octanol–water partition coefficient (Wildman–Crippen LogP) is 6.90. The van der Waals surface area contributed by atoms with E-state index in [1.807, 2.05) is 30.3 Å². The van der Waals surface area contributed by atoms with Gasteiger partial charge in [0.15, 0.2) is 6.23 Å². The average Bonchev–Trinajstić information content (AvgIpc) is 3.32. The highest BCUT2D eigenvalue weighted by molar-refractivity contribution is 6.37. The van der Waals surface area contributed by atoms with E-state index >= 15 is 0 Å². The van der Waals surface area contributed by atoms with Crippen LogP contribution in [0.4, 0.5) is 11.4 Å². The quantitative estimate of drug-likeness (QED) is 0.171. The van der Waals surface area contributed by atoms with E-state index in [-0.39, 0.29) is 10.9 Å². The normalized spacial score (nSPS) is 11.8. The zero-order valence-corrected chi connectivity index (χ0v) is 21.1. The van der Waals surface area contributed by atoms with Crippen molar-refractivity contribution in [3.63, 3.8) is 0 Å². The van der Waals surface area contributed by atoms with E-state index < -0.39 is 6.23 Å². The largest absolute Gasteiger partial charge is 0.497 e. The van der Waals surface area contributed by atoms with Crippen LogP contribution < -0.4 is 15.4 Å². The van der Waals surface area contributed by atoms with Gasteiger partial charge in [-0.25, -0.2) is 4.98 Å². The summed E-state index contributed by atoms with van der Waals surface area (Å²) in [4.78, 5) is 20.5. The number of rotatable bonds is 7. The van der Waals surface area contributed by atoms with E-state index in [4.69, 9.17) is 27.9 Å². The first-order chi connectivity index (χ1) is 17.9. The van der Waals surface area contributed by atoms with Gasteiger partial charge in [-0.1, -0.05) is 35.3 Å². The number of aliphatic hydroxyl groups excluding tert-OH is 1. The second-order valence-electron chi connectivity index (χ2n) is 8.29. The average molecular weight is 533 g/mol. The van der Waals surface area contributed by atoms with Gasteiger partial charge in [-0.3, -0.25) is 4.79 Å². The second kappa shape index (κ2) is 10.5. The van der Waals surface area contributed by atoms with Crippen molar-refractivity contribution in [1.82, 2.24) is 9.97 Å². The Morgan fingerprint density at radius 2 is 1.68 bits per heavy atom. The fourth-order valence-corrected chi connectivity index (χ4v) is 4.34. The summed E-state index contributed by atoms with van der Waals surface area (Å²) in [5.41, 5.74) is 4.88. The van der Waals surface area contributed by atoms with Crippen LogP contribution in [0.1, 0.15) is 22.1 Å². The minimum Gasteiger partial charge on any atom is -0.497 e. The third-order valence-corrected chi connectivity index (χ3v) is 6.36. The molecule has 0 saturated carbocycles. The van der Waals surface area contributed by atoms with Crippen molar-refractivity contribution in [3.05, 3.63) is 106 Å². The molecular formula is C28H22Cl2N4O3. The Bertz CT molecular complexity index is 1570. The summed E-state index contributed by atoms with van der Waals surface area (Å²) in [6.45, 7) is 0. The maximum Gasteiger partial charge on any atom is 0.257 e. The van der Waals surface area contributed by atoms with Gasteiger partial charge in [-0.2, -0.15) is 0 Å². The van der Waals surface area contributed by atoms with E-state index in [2.05, 4.69) is 20.6 Å². The van der Waals surface area contributed by atoms with Gasteiger partial charge in [-0.15, -0.1) is 0 Å². The second-order valence-corrected chi connectivity index (χ2v) is 9.14. The number of H-pyrrole nitrogens is 1. The molecule has 7 nitrogen and oxygen atoms in total. The highest BCUT2D eigenvalue weighted by Crippen LogP contribution is 2.27. The Hall–Kier alpha value is -4.04. The number of fused-ring (bicyclic) bond motifs is 1. The molecule has 37 heavy (non-hydrogen) atoms. The first-order valence-electron chi connectivity index (χ1n) is 11.3. The number of methoxy groups -OCH3 is 1. The Morgan fingerprint density at radius 1 is 0.946 bits per heavy atom. The van der Waals surface area contributed by atoms with E-state index in [0.29, 0.717) is 22.1 Å². The van der Waals surface area contributed by atoms with Crippen LogP contribution >= 0.6 is 23.2 Å². The third-order valence-electron chi connectivity index (χ3n) is 5.81. The van der Waals surface area contributed by atoms with Crippen LogP contribution in [0.25, 0.3) is 22.4 Å². The molecule has 0 fully saturated rings. The molecule has 0 radical (unpaired) electrons. The number of hydrogen-bond donors (Lipinski definition) is 4. The fraction of sp³-hybridized carbons (Fsp3) is 0.0714. The lowest BCUT2D eigenvalue weighted by molar-refractivity contribution is 0.102. The van der Waals surface area contributed by atoms with Crippen molar-refractivity contribution in [2.45, 2.75) is 6.23 Å². The SMILES string of the molecule is COc1ccc(C(O)Nc2ccc3nc(-c4ccc(NC(=O)c5ccc(Cl)cc5Cl)cc4)[nH]c3c2)cc1. The molecule has 1 aromatic heterocycles. The number of hydrogen-bond acceptors (Lipinski definition) is 5. The van der Waals surface area contributed by atoms with Crippen molar-refractivity contribution in [1.29, 1.82) is 0 Å². The van der Waals surface area contributed by atoms with E-state index in [1.165, 1.54) is 6.07 Å². The molecule has 5 rings (SSSR count). The number of amides is 1. The number of aliphatic hydroxyl groups is 1. The molecule has 186 valence electrons. The number of nitrogens with one attached hydrogen (secondary N) is 3. The monoisotopic (exact) mass is 532 g/mol. The topological polar surface area (TPSA) is 99.3 Å². The Kier molecular flexibility index (Phi) is 7.01. The molecule has 1 heterocycles. The number of carbonyl (C=O) groups excluding carboxylic acids is 1. The smallest absolute Gasteiger partial charge is 0.257 e. The van der Waals surface area contributed by atoms with Crippen molar-refractivity contribution in [2.24, 2.45) is 0 Å². The Morgan fingerprint density at radius 3 is 2.38 bits per heavy atom. The summed E-state index contributed by atoms with van der Waals surface area (Å²) in [6.07, 6.45) is -0.878.